The fourth-order valence-electron chi connectivity index (χ4n) is 5.12. The lowest BCUT2D eigenvalue weighted by atomic mass is 10.1. The Hall–Kier alpha value is -5.90. The molecule has 2 fully saturated rings. The predicted molar refractivity (Wildman–Crippen MR) is 160 cm³/mol. The van der Waals surface area contributed by atoms with E-state index in [9.17, 15) is 27.2 Å². The first kappa shape index (κ1) is 32.5. The van der Waals surface area contributed by atoms with Gasteiger partial charge in [0, 0.05) is 31.9 Å². The Balaban J connectivity index is 0.000000186. The van der Waals surface area contributed by atoms with Crippen LogP contribution < -0.4 is 10.6 Å². The molecule has 2 aromatic carbocycles. The van der Waals surface area contributed by atoms with Crippen molar-refractivity contribution in [3.8, 4) is 23.8 Å². The van der Waals surface area contributed by atoms with E-state index in [-0.39, 0.29) is 29.5 Å². The molecule has 12 nitrogen and oxygen atoms in total. The molecule has 2 aliphatic rings. The summed E-state index contributed by atoms with van der Waals surface area (Å²) in [6, 6.07) is 11.0. The average molecular weight is 649 g/mol. The molecule has 4 aromatic rings. The minimum Gasteiger partial charge on any atom is -0.310 e. The normalized spacial score (nSPS) is 17.3. The Morgan fingerprint density at radius 3 is 1.79 bits per heavy atom. The third-order valence-electron chi connectivity index (χ3n) is 7.69. The van der Waals surface area contributed by atoms with Crippen LogP contribution in [0.3, 0.4) is 0 Å². The van der Waals surface area contributed by atoms with Gasteiger partial charge in [-0.25, -0.2) is 14.4 Å². The molecule has 2 aromatic heterocycles. The Morgan fingerprint density at radius 2 is 1.30 bits per heavy atom. The second-order valence-electron chi connectivity index (χ2n) is 10.9. The minimum atomic E-state index is -4.38. The molecular formula is C31H28F4N10O2. The van der Waals surface area contributed by atoms with Crippen molar-refractivity contribution in [2.45, 2.75) is 19.0 Å². The quantitative estimate of drug-likeness (QED) is 0.231. The lowest BCUT2D eigenvalue weighted by Gasteiger charge is -2.09. The van der Waals surface area contributed by atoms with Crippen LogP contribution in [0.1, 0.15) is 18.4 Å². The summed E-state index contributed by atoms with van der Waals surface area (Å²) in [7, 11) is 0. The van der Waals surface area contributed by atoms with Crippen LogP contribution in [-0.4, -0.2) is 66.9 Å². The molecule has 0 spiro atoms. The van der Waals surface area contributed by atoms with Gasteiger partial charge < -0.3 is 29.6 Å². The molecule has 0 aliphatic carbocycles. The van der Waals surface area contributed by atoms with E-state index in [0.717, 1.165) is 12.1 Å². The van der Waals surface area contributed by atoms with Gasteiger partial charge in [0.05, 0.1) is 35.5 Å². The Bertz CT molecular complexity index is 1810. The molecule has 0 bridgehead atoms. The minimum absolute atomic E-state index is 0.170. The molecule has 0 saturated carbocycles. The smallest absolute Gasteiger partial charge is 0.310 e. The average Bonchev–Trinajstić information content (AvgIpc) is 3.88. The number of alkyl halides is 3. The van der Waals surface area contributed by atoms with E-state index in [1.807, 2.05) is 12.4 Å². The fraction of sp³-hybridized carbons (Fsp3) is 0.290. The van der Waals surface area contributed by atoms with Crippen molar-refractivity contribution in [2.75, 3.05) is 36.8 Å². The van der Waals surface area contributed by atoms with Crippen LogP contribution in [-0.2, 0) is 15.8 Å². The van der Waals surface area contributed by atoms with E-state index in [2.05, 4.69) is 20.6 Å². The van der Waals surface area contributed by atoms with Crippen molar-refractivity contribution in [1.82, 2.24) is 28.9 Å². The number of imidazole rings is 2. The molecule has 2 N–H and O–H groups in total. The Morgan fingerprint density at radius 1 is 0.787 bits per heavy atom. The number of hydrogen-bond acceptors (Lipinski definition) is 8. The largest absolute Gasteiger partial charge is 0.416 e. The fourth-order valence-corrected chi connectivity index (χ4v) is 5.12. The maximum absolute atomic E-state index is 13.7. The number of amides is 2. The number of nitrogens with one attached hydrogen (secondary N) is 2. The molecule has 47 heavy (non-hydrogen) atoms. The van der Waals surface area contributed by atoms with Gasteiger partial charge in [-0.3, -0.25) is 9.59 Å². The molecule has 6 rings (SSSR count). The zero-order valence-electron chi connectivity index (χ0n) is 24.7. The van der Waals surface area contributed by atoms with Gasteiger partial charge in [0.1, 0.15) is 18.5 Å². The predicted octanol–water partition coefficient (Wildman–Crippen LogP) is 4.39. The maximum Gasteiger partial charge on any atom is 0.416 e. The van der Waals surface area contributed by atoms with Crippen molar-refractivity contribution < 1.29 is 27.2 Å². The Labute approximate surface area is 266 Å². The van der Waals surface area contributed by atoms with E-state index >= 15 is 0 Å². The Kier molecular flexibility index (Phi) is 9.70. The molecule has 0 unspecified atom stereocenters. The van der Waals surface area contributed by atoms with E-state index in [4.69, 9.17) is 10.5 Å². The number of rotatable bonds is 6. The van der Waals surface area contributed by atoms with Crippen molar-refractivity contribution in [2.24, 2.45) is 11.8 Å². The first-order valence-electron chi connectivity index (χ1n) is 14.5. The van der Waals surface area contributed by atoms with Crippen molar-refractivity contribution in [1.29, 1.82) is 10.5 Å². The number of anilines is 2. The summed E-state index contributed by atoms with van der Waals surface area (Å²) in [5.41, 5.74) is 0.137. The summed E-state index contributed by atoms with van der Waals surface area (Å²) in [5.74, 6) is -0.594. The first-order chi connectivity index (χ1) is 22.5. The third-order valence-corrected chi connectivity index (χ3v) is 7.69. The van der Waals surface area contributed by atoms with Crippen molar-refractivity contribution in [3.63, 3.8) is 0 Å². The molecule has 242 valence electrons. The van der Waals surface area contributed by atoms with Crippen molar-refractivity contribution >= 4 is 23.5 Å². The molecule has 2 amide bonds. The van der Waals surface area contributed by atoms with Gasteiger partial charge in [-0.1, -0.05) is 12.1 Å². The van der Waals surface area contributed by atoms with Crippen LogP contribution in [0, 0.1) is 40.6 Å². The summed E-state index contributed by atoms with van der Waals surface area (Å²) >= 11 is 0. The number of nitrogens with zero attached hydrogens (tertiary/aromatic N) is 8. The lowest BCUT2D eigenvalue weighted by Crippen LogP contribution is -2.25. The van der Waals surface area contributed by atoms with Crippen LogP contribution in [0.5, 0.6) is 0 Å². The molecule has 16 heteroatoms. The number of hydrogen-bond donors (Lipinski definition) is 2. The van der Waals surface area contributed by atoms with Gasteiger partial charge in [-0.15, -0.1) is 0 Å². The molecular weight excluding hydrogens is 620 g/mol. The highest BCUT2D eigenvalue weighted by molar-refractivity contribution is 5.92. The van der Waals surface area contributed by atoms with Gasteiger partial charge in [0.2, 0.25) is 11.8 Å². The van der Waals surface area contributed by atoms with E-state index in [1.54, 1.807) is 29.3 Å². The van der Waals surface area contributed by atoms with Crippen LogP contribution in [0.25, 0.3) is 11.4 Å². The first-order valence-corrected chi connectivity index (χ1v) is 14.5. The monoisotopic (exact) mass is 648 g/mol. The van der Waals surface area contributed by atoms with Gasteiger partial charge >= 0.3 is 6.18 Å². The van der Waals surface area contributed by atoms with Gasteiger partial charge in [-0.2, -0.15) is 23.7 Å². The number of aromatic nitrogens is 4. The van der Waals surface area contributed by atoms with Gasteiger partial charge in [0.25, 0.3) is 0 Å². The highest BCUT2D eigenvalue weighted by Crippen LogP contribution is 2.30. The second kappa shape index (κ2) is 14.0. The zero-order valence-corrected chi connectivity index (χ0v) is 24.7. The number of carbonyl (C=O) groups is 2. The number of benzene rings is 2. The molecule has 0 radical (unpaired) electrons. The highest BCUT2D eigenvalue weighted by Gasteiger charge is 2.31. The second-order valence-corrected chi connectivity index (χ2v) is 10.9. The number of likely N-dealkylation sites (tertiary alicyclic amines) is 2. The number of halogens is 4. The molecule has 4 heterocycles. The number of nitriles is 2. The summed E-state index contributed by atoms with van der Waals surface area (Å²) in [5, 5.41) is 23.0. The summed E-state index contributed by atoms with van der Waals surface area (Å²) in [4.78, 5) is 35.5. The third kappa shape index (κ3) is 8.04. The van der Waals surface area contributed by atoms with Crippen LogP contribution in [0.2, 0.25) is 0 Å². The number of carbonyl (C=O) groups excluding carboxylic acids is 2. The topological polar surface area (TPSA) is 148 Å². The van der Waals surface area contributed by atoms with Crippen LogP contribution >= 0.6 is 0 Å². The maximum atomic E-state index is 13.7. The standard InChI is InChI=1S/C16H14F3N5O.C15H14FN5O/c17-16(18,19)12-1-3-13(4-2-12)24-8-14(21-10-24)22-15(25)11-5-6-23(7-11)9-20;16-12-3-1-2-4-13(12)21-8-14(18-10-21)19-15(22)11-5-6-20(7-11)9-17/h1-4,8,10-11H,5-7H2,(H,22,25);1-4,8,10-11H,5-7H2,(H,19,22)/t2*11-/m00/s1. The lowest BCUT2D eigenvalue weighted by molar-refractivity contribution is -0.137. The van der Waals surface area contributed by atoms with E-state index in [1.165, 1.54) is 51.1 Å². The zero-order chi connectivity index (χ0) is 33.6. The van der Waals surface area contributed by atoms with Gasteiger partial charge in [-0.05, 0) is 49.2 Å². The molecule has 2 atom stereocenters. The van der Waals surface area contributed by atoms with E-state index in [0.29, 0.717) is 62.0 Å². The highest BCUT2D eigenvalue weighted by atomic mass is 19.4. The van der Waals surface area contributed by atoms with Crippen LogP contribution in [0.4, 0.5) is 29.2 Å². The van der Waals surface area contributed by atoms with E-state index < -0.39 is 11.7 Å². The summed E-state index contributed by atoms with van der Waals surface area (Å²) in [6.45, 7) is 1.95. The SMILES string of the molecule is N#CN1CC[C@H](C(=O)Nc2cn(-c3ccc(C(F)(F)F)cc3)cn2)C1.N#CN1CC[C@H](C(=O)Nc2cn(-c3ccccc3F)cn2)C1. The molecule has 2 aliphatic heterocycles. The molecule has 2 saturated heterocycles. The summed E-state index contributed by atoms with van der Waals surface area (Å²) < 4.78 is 54.5. The number of para-hydroxylation sites is 1. The summed E-state index contributed by atoms with van der Waals surface area (Å²) in [6.07, 6.45) is 6.85. The van der Waals surface area contributed by atoms with Crippen molar-refractivity contribution in [3.05, 3.63) is 85.0 Å². The van der Waals surface area contributed by atoms with Crippen LogP contribution in [0.15, 0.2) is 73.6 Å². The van der Waals surface area contributed by atoms with Gasteiger partial charge in [0.15, 0.2) is 24.0 Å².